The van der Waals surface area contributed by atoms with Crippen LogP contribution < -0.4 is 15.4 Å². The molecule has 26 heavy (non-hydrogen) atoms. The van der Waals surface area contributed by atoms with Crippen LogP contribution in [-0.4, -0.2) is 45.9 Å². The number of nitrogens with one attached hydrogen (secondary N) is 3. The van der Waals surface area contributed by atoms with Crippen LogP contribution in [0.15, 0.2) is 24.3 Å². The number of carbonyl (C=O) groups is 1. The van der Waals surface area contributed by atoms with E-state index in [0.717, 1.165) is 19.5 Å². The smallest absolute Gasteiger partial charge is 0.256 e. The maximum absolute atomic E-state index is 12.6. The maximum Gasteiger partial charge on any atom is 0.256 e. The standard InChI is InChI=1S/C17H27N3O4S.ClH/c1-3-4-13-25(22,23)20-15-7-5-14(6-8-15)19-16(21)17(24-2)9-11-18-12-10-17;/h5-8,18,20H,3-4,9-13H2,1-2H3,(H,19,21);1H. The van der Waals surface area contributed by atoms with Crippen molar-refractivity contribution in [3.63, 3.8) is 0 Å². The lowest BCUT2D eigenvalue weighted by Crippen LogP contribution is -2.51. The van der Waals surface area contributed by atoms with Crippen LogP contribution in [0.25, 0.3) is 0 Å². The molecule has 1 aliphatic rings. The first-order chi connectivity index (χ1) is 11.9. The molecular weight excluding hydrogens is 378 g/mol. The van der Waals surface area contributed by atoms with E-state index in [1.807, 2.05) is 6.92 Å². The van der Waals surface area contributed by atoms with Crippen molar-refractivity contribution in [3.8, 4) is 0 Å². The van der Waals surface area contributed by atoms with Gasteiger partial charge in [0.1, 0.15) is 5.60 Å². The Kier molecular flexibility index (Phi) is 8.82. The van der Waals surface area contributed by atoms with Gasteiger partial charge >= 0.3 is 0 Å². The first-order valence-electron chi connectivity index (χ1n) is 8.59. The summed E-state index contributed by atoms with van der Waals surface area (Å²) >= 11 is 0. The summed E-state index contributed by atoms with van der Waals surface area (Å²) in [7, 11) is -1.77. The zero-order chi connectivity index (χ0) is 18.3. The lowest BCUT2D eigenvalue weighted by atomic mass is 9.91. The molecule has 1 aromatic rings. The molecule has 0 bridgehead atoms. The third-order valence-corrected chi connectivity index (χ3v) is 5.77. The fraction of sp³-hybridized carbons (Fsp3) is 0.588. The number of hydrogen-bond donors (Lipinski definition) is 3. The fourth-order valence-corrected chi connectivity index (χ4v) is 4.05. The Morgan fingerprint density at radius 2 is 1.77 bits per heavy atom. The van der Waals surface area contributed by atoms with Crippen molar-refractivity contribution < 1.29 is 17.9 Å². The van der Waals surface area contributed by atoms with Crippen molar-refractivity contribution in [2.75, 3.05) is 36.0 Å². The van der Waals surface area contributed by atoms with Gasteiger partial charge in [-0.15, -0.1) is 12.4 Å². The van der Waals surface area contributed by atoms with Gasteiger partial charge < -0.3 is 15.4 Å². The van der Waals surface area contributed by atoms with Crippen LogP contribution in [0.3, 0.4) is 0 Å². The second-order valence-electron chi connectivity index (χ2n) is 6.25. The number of ether oxygens (including phenoxy) is 1. The molecule has 1 aliphatic heterocycles. The van der Waals surface area contributed by atoms with E-state index in [9.17, 15) is 13.2 Å². The minimum atomic E-state index is -3.33. The zero-order valence-electron chi connectivity index (χ0n) is 15.2. The SMILES string of the molecule is CCCCS(=O)(=O)Nc1ccc(NC(=O)C2(OC)CCNCC2)cc1.Cl. The molecule has 0 atom stereocenters. The van der Waals surface area contributed by atoms with Gasteiger partial charge in [0.25, 0.3) is 5.91 Å². The lowest BCUT2D eigenvalue weighted by molar-refractivity contribution is -0.140. The third kappa shape index (κ3) is 6.12. The second-order valence-corrected chi connectivity index (χ2v) is 8.10. The van der Waals surface area contributed by atoms with Crippen molar-refractivity contribution in [1.82, 2.24) is 5.32 Å². The van der Waals surface area contributed by atoms with Gasteiger partial charge in [-0.3, -0.25) is 9.52 Å². The summed E-state index contributed by atoms with van der Waals surface area (Å²) in [5.41, 5.74) is 0.278. The first-order valence-corrected chi connectivity index (χ1v) is 10.2. The Balaban J connectivity index is 0.00000338. The Hall–Kier alpha value is -1.35. The number of piperidine rings is 1. The molecule has 0 saturated carbocycles. The number of hydrogen-bond acceptors (Lipinski definition) is 5. The van der Waals surface area contributed by atoms with E-state index in [1.54, 1.807) is 31.4 Å². The number of sulfonamides is 1. The van der Waals surface area contributed by atoms with Gasteiger partial charge in [0, 0.05) is 18.5 Å². The summed E-state index contributed by atoms with van der Waals surface area (Å²) in [4.78, 5) is 12.6. The molecule has 1 fully saturated rings. The summed E-state index contributed by atoms with van der Waals surface area (Å²) in [5.74, 6) is -0.0698. The molecule has 9 heteroatoms. The van der Waals surface area contributed by atoms with Crippen molar-refractivity contribution >= 4 is 39.7 Å². The molecule has 0 aromatic heterocycles. The quantitative estimate of drug-likeness (QED) is 0.616. The molecule has 0 aliphatic carbocycles. The second kappa shape index (κ2) is 10.1. The minimum Gasteiger partial charge on any atom is -0.368 e. The van der Waals surface area contributed by atoms with E-state index >= 15 is 0 Å². The van der Waals surface area contributed by atoms with E-state index in [0.29, 0.717) is 30.6 Å². The molecule has 2 rings (SSSR count). The first kappa shape index (κ1) is 22.7. The zero-order valence-corrected chi connectivity index (χ0v) is 16.8. The number of unbranched alkanes of at least 4 members (excludes halogenated alkanes) is 1. The Bertz CT molecular complexity index is 674. The van der Waals surface area contributed by atoms with Gasteiger partial charge in [0.05, 0.1) is 5.75 Å². The normalized spacial score (nSPS) is 16.4. The van der Waals surface area contributed by atoms with Crippen LogP contribution in [-0.2, 0) is 19.6 Å². The molecule has 1 aromatic carbocycles. The predicted molar refractivity (Wildman–Crippen MR) is 106 cm³/mol. The topological polar surface area (TPSA) is 96.5 Å². The average molecular weight is 406 g/mol. The highest BCUT2D eigenvalue weighted by Gasteiger charge is 2.39. The number of amides is 1. The maximum atomic E-state index is 12.6. The highest BCUT2D eigenvalue weighted by Crippen LogP contribution is 2.25. The van der Waals surface area contributed by atoms with Crippen LogP contribution in [0.4, 0.5) is 11.4 Å². The summed E-state index contributed by atoms with van der Waals surface area (Å²) in [6.45, 7) is 3.42. The molecular formula is C17H28ClN3O4S. The Morgan fingerprint density at radius 3 is 2.31 bits per heavy atom. The Labute approximate surface area is 161 Å². The van der Waals surface area contributed by atoms with Crippen LogP contribution in [0.5, 0.6) is 0 Å². The fourth-order valence-electron chi connectivity index (χ4n) is 2.79. The summed E-state index contributed by atoms with van der Waals surface area (Å²) < 4.78 is 31.8. The molecule has 1 heterocycles. The average Bonchev–Trinajstić information content (AvgIpc) is 2.62. The molecule has 3 N–H and O–H groups in total. The minimum absolute atomic E-state index is 0. The van der Waals surface area contributed by atoms with Crippen LogP contribution >= 0.6 is 12.4 Å². The molecule has 7 nitrogen and oxygen atoms in total. The van der Waals surface area contributed by atoms with Crippen molar-refractivity contribution in [3.05, 3.63) is 24.3 Å². The molecule has 0 radical (unpaired) electrons. The van der Waals surface area contributed by atoms with Gasteiger partial charge in [0.2, 0.25) is 10.0 Å². The van der Waals surface area contributed by atoms with Gasteiger partial charge in [-0.2, -0.15) is 0 Å². The van der Waals surface area contributed by atoms with E-state index in [4.69, 9.17) is 4.74 Å². The van der Waals surface area contributed by atoms with Gasteiger partial charge in [0.15, 0.2) is 0 Å². The number of benzene rings is 1. The lowest BCUT2D eigenvalue weighted by Gasteiger charge is -2.34. The number of halogens is 1. The van der Waals surface area contributed by atoms with Gasteiger partial charge in [-0.1, -0.05) is 13.3 Å². The van der Waals surface area contributed by atoms with Crippen LogP contribution in [0.2, 0.25) is 0 Å². The van der Waals surface area contributed by atoms with E-state index < -0.39 is 15.6 Å². The molecule has 1 saturated heterocycles. The number of carbonyl (C=O) groups excluding carboxylic acids is 1. The van der Waals surface area contributed by atoms with E-state index in [1.165, 1.54) is 0 Å². The van der Waals surface area contributed by atoms with Crippen molar-refractivity contribution in [2.45, 2.75) is 38.2 Å². The van der Waals surface area contributed by atoms with Gasteiger partial charge in [-0.05, 0) is 56.6 Å². The highest BCUT2D eigenvalue weighted by molar-refractivity contribution is 7.92. The summed E-state index contributed by atoms with van der Waals surface area (Å²) in [5, 5.41) is 6.07. The van der Waals surface area contributed by atoms with E-state index in [-0.39, 0.29) is 24.1 Å². The number of rotatable bonds is 8. The summed E-state index contributed by atoms with van der Waals surface area (Å²) in [6, 6.07) is 6.64. The molecule has 0 spiro atoms. The van der Waals surface area contributed by atoms with Crippen molar-refractivity contribution in [2.24, 2.45) is 0 Å². The Morgan fingerprint density at radius 1 is 1.19 bits per heavy atom. The summed E-state index contributed by atoms with van der Waals surface area (Å²) in [6.07, 6.45) is 2.68. The van der Waals surface area contributed by atoms with Crippen LogP contribution in [0, 0.1) is 0 Å². The van der Waals surface area contributed by atoms with Crippen molar-refractivity contribution in [1.29, 1.82) is 0 Å². The third-order valence-electron chi connectivity index (χ3n) is 4.40. The highest BCUT2D eigenvalue weighted by atomic mass is 35.5. The predicted octanol–water partition coefficient (Wildman–Crippen LogP) is 2.36. The number of anilines is 2. The number of methoxy groups -OCH3 is 1. The van der Waals surface area contributed by atoms with Crippen LogP contribution in [0.1, 0.15) is 32.6 Å². The molecule has 148 valence electrons. The van der Waals surface area contributed by atoms with Gasteiger partial charge in [-0.25, -0.2) is 8.42 Å². The molecule has 0 unspecified atom stereocenters. The monoisotopic (exact) mass is 405 g/mol. The van der Waals surface area contributed by atoms with E-state index in [2.05, 4.69) is 15.4 Å². The largest absolute Gasteiger partial charge is 0.368 e. The molecule has 1 amide bonds.